The van der Waals surface area contributed by atoms with Crippen LogP contribution in [0.25, 0.3) is 11.7 Å². The number of carbonyl (C=O) groups is 1. The second-order valence-corrected chi connectivity index (χ2v) is 6.11. The van der Waals surface area contributed by atoms with Gasteiger partial charge in [-0.05, 0) is 23.8 Å². The van der Waals surface area contributed by atoms with Gasteiger partial charge in [0.05, 0.1) is 6.26 Å². The van der Waals surface area contributed by atoms with Crippen molar-refractivity contribution in [2.45, 2.75) is 18.9 Å². The third-order valence-corrected chi connectivity index (χ3v) is 4.44. The molecular weight excluding hydrogens is 330 g/mol. The number of carbonyl (C=O) groups excluding carboxylic acids is 1. The number of aromatic nitrogens is 2. The lowest BCUT2D eigenvalue weighted by Gasteiger charge is -2.16. The molecule has 1 unspecified atom stereocenters. The van der Waals surface area contributed by atoms with E-state index in [9.17, 15) is 4.79 Å². The van der Waals surface area contributed by atoms with Gasteiger partial charge in [0, 0.05) is 30.5 Å². The molecule has 0 aliphatic carbocycles. The van der Waals surface area contributed by atoms with E-state index in [1.807, 2.05) is 24.3 Å². The van der Waals surface area contributed by atoms with E-state index in [2.05, 4.69) is 10.1 Å². The molecule has 1 atom stereocenters. The topological polar surface area (TPSA) is 72.4 Å². The fourth-order valence-electron chi connectivity index (χ4n) is 2.83. The molecule has 1 fully saturated rings. The molecule has 0 N–H and O–H groups in total. The molecule has 0 saturated carbocycles. The SMILES string of the molecule is O=C1CC(c2noc(-c3ccco3)n2)CN1Cc1ccccc1Cl. The van der Waals surface area contributed by atoms with Crippen molar-refractivity contribution in [2.24, 2.45) is 0 Å². The molecule has 1 saturated heterocycles. The average Bonchev–Trinajstić information content (AvgIpc) is 3.30. The quantitative estimate of drug-likeness (QED) is 0.725. The molecule has 1 aromatic carbocycles. The van der Waals surface area contributed by atoms with E-state index >= 15 is 0 Å². The zero-order valence-corrected chi connectivity index (χ0v) is 13.4. The summed E-state index contributed by atoms with van der Waals surface area (Å²) in [6.45, 7) is 1.03. The van der Waals surface area contributed by atoms with E-state index in [1.165, 1.54) is 0 Å². The van der Waals surface area contributed by atoms with Gasteiger partial charge in [0.25, 0.3) is 5.89 Å². The first-order valence-corrected chi connectivity index (χ1v) is 7.97. The zero-order valence-electron chi connectivity index (χ0n) is 12.7. The summed E-state index contributed by atoms with van der Waals surface area (Å²) in [5, 5.41) is 4.66. The lowest BCUT2D eigenvalue weighted by Crippen LogP contribution is -2.24. The number of rotatable bonds is 4. The van der Waals surface area contributed by atoms with Crippen molar-refractivity contribution in [3.05, 3.63) is 59.1 Å². The van der Waals surface area contributed by atoms with Crippen LogP contribution in [0.15, 0.2) is 51.6 Å². The summed E-state index contributed by atoms with van der Waals surface area (Å²) in [4.78, 5) is 18.4. The minimum absolute atomic E-state index is 0.0595. The molecule has 2 aromatic heterocycles. The van der Waals surface area contributed by atoms with Crippen molar-refractivity contribution < 1.29 is 13.7 Å². The van der Waals surface area contributed by atoms with Crippen molar-refractivity contribution in [1.29, 1.82) is 0 Å². The Morgan fingerprint density at radius 1 is 1.25 bits per heavy atom. The van der Waals surface area contributed by atoms with E-state index in [4.69, 9.17) is 20.5 Å². The zero-order chi connectivity index (χ0) is 16.5. The number of furan rings is 1. The molecular formula is C17H14ClN3O3. The van der Waals surface area contributed by atoms with Gasteiger partial charge in [-0.15, -0.1) is 0 Å². The van der Waals surface area contributed by atoms with E-state index in [1.54, 1.807) is 23.3 Å². The smallest absolute Gasteiger partial charge is 0.293 e. The van der Waals surface area contributed by atoms with E-state index in [0.29, 0.717) is 42.0 Å². The third-order valence-electron chi connectivity index (χ3n) is 4.07. The summed E-state index contributed by atoms with van der Waals surface area (Å²) < 4.78 is 10.5. The Labute approximate surface area is 143 Å². The molecule has 0 bridgehead atoms. The molecule has 1 amide bonds. The van der Waals surface area contributed by atoms with Crippen LogP contribution >= 0.6 is 11.6 Å². The molecule has 122 valence electrons. The summed E-state index contributed by atoms with van der Waals surface area (Å²) in [5.41, 5.74) is 0.928. The highest BCUT2D eigenvalue weighted by Gasteiger charge is 2.34. The molecule has 0 spiro atoms. The van der Waals surface area contributed by atoms with Gasteiger partial charge in [0.2, 0.25) is 5.91 Å². The van der Waals surface area contributed by atoms with Crippen LogP contribution in [0, 0.1) is 0 Å². The van der Waals surface area contributed by atoms with Crippen molar-refractivity contribution in [1.82, 2.24) is 15.0 Å². The van der Waals surface area contributed by atoms with Crippen molar-refractivity contribution in [3.8, 4) is 11.7 Å². The summed E-state index contributed by atoms with van der Waals surface area (Å²) in [6, 6.07) is 11.0. The molecule has 6 nitrogen and oxygen atoms in total. The Kier molecular flexibility index (Phi) is 3.82. The lowest BCUT2D eigenvalue weighted by atomic mass is 10.1. The highest BCUT2D eigenvalue weighted by Crippen LogP contribution is 2.30. The van der Waals surface area contributed by atoms with E-state index < -0.39 is 0 Å². The monoisotopic (exact) mass is 343 g/mol. The number of halogens is 1. The fourth-order valence-corrected chi connectivity index (χ4v) is 3.03. The number of benzene rings is 1. The first-order chi connectivity index (χ1) is 11.7. The van der Waals surface area contributed by atoms with Gasteiger partial charge in [-0.3, -0.25) is 4.79 Å². The van der Waals surface area contributed by atoms with Crippen molar-refractivity contribution >= 4 is 17.5 Å². The number of hydrogen-bond acceptors (Lipinski definition) is 5. The summed E-state index contributed by atoms with van der Waals surface area (Å²) in [7, 11) is 0. The molecule has 7 heteroatoms. The van der Waals surface area contributed by atoms with Crippen LogP contribution in [0.5, 0.6) is 0 Å². The van der Waals surface area contributed by atoms with Crippen LogP contribution in [0.3, 0.4) is 0 Å². The van der Waals surface area contributed by atoms with Gasteiger partial charge < -0.3 is 13.8 Å². The number of nitrogens with zero attached hydrogens (tertiary/aromatic N) is 3. The van der Waals surface area contributed by atoms with Gasteiger partial charge >= 0.3 is 0 Å². The maximum absolute atomic E-state index is 12.3. The molecule has 0 radical (unpaired) electrons. The highest BCUT2D eigenvalue weighted by molar-refractivity contribution is 6.31. The Balaban J connectivity index is 1.49. The van der Waals surface area contributed by atoms with Crippen LogP contribution in [-0.2, 0) is 11.3 Å². The van der Waals surface area contributed by atoms with E-state index in [-0.39, 0.29) is 11.8 Å². The van der Waals surface area contributed by atoms with E-state index in [0.717, 1.165) is 5.56 Å². The van der Waals surface area contributed by atoms with Crippen LogP contribution in [0.4, 0.5) is 0 Å². The van der Waals surface area contributed by atoms with Gasteiger partial charge in [-0.2, -0.15) is 4.98 Å². The highest BCUT2D eigenvalue weighted by atomic mass is 35.5. The van der Waals surface area contributed by atoms with Crippen molar-refractivity contribution in [3.63, 3.8) is 0 Å². The maximum Gasteiger partial charge on any atom is 0.293 e. The minimum Gasteiger partial charge on any atom is -0.459 e. The Hall–Kier alpha value is -2.60. The lowest BCUT2D eigenvalue weighted by molar-refractivity contribution is -0.128. The molecule has 1 aliphatic heterocycles. The van der Waals surface area contributed by atoms with Gasteiger partial charge in [0.1, 0.15) is 0 Å². The van der Waals surface area contributed by atoms with Gasteiger partial charge in [-0.1, -0.05) is 35.0 Å². The predicted molar refractivity (Wildman–Crippen MR) is 86.2 cm³/mol. The van der Waals surface area contributed by atoms with Crippen LogP contribution in [0.1, 0.15) is 23.7 Å². The predicted octanol–water partition coefficient (Wildman–Crippen LogP) is 3.50. The Morgan fingerprint density at radius 2 is 2.12 bits per heavy atom. The largest absolute Gasteiger partial charge is 0.459 e. The Morgan fingerprint density at radius 3 is 2.92 bits per heavy atom. The minimum atomic E-state index is -0.0903. The fraction of sp³-hybridized carbons (Fsp3) is 0.235. The van der Waals surface area contributed by atoms with Crippen molar-refractivity contribution in [2.75, 3.05) is 6.54 Å². The third kappa shape index (κ3) is 2.80. The van der Waals surface area contributed by atoms with Gasteiger partial charge in [-0.25, -0.2) is 0 Å². The number of likely N-dealkylation sites (tertiary alicyclic amines) is 1. The van der Waals surface area contributed by atoms with Crippen LogP contribution in [0.2, 0.25) is 5.02 Å². The first kappa shape index (κ1) is 15.0. The number of amides is 1. The molecule has 1 aliphatic rings. The standard InChI is InChI=1S/C17H14ClN3O3/c18-13-5-2-1-4-11(13)9-21-10-12(8-15(21)22)16-19-17(24-20-16)14-6-3-7-23-14/h1-7,12H,8-10H2. The molecule has 3 heterocycles. The normalized spacial score (nSPS) is 17.6. The number of hydrogen-bond donors (Lipinski definition) is 0. The molecule has 3 aromatic rings. The second kappa shape index (κ2) is 6.13. The summed E-state index contributed by atoms with van der Waals surface area (Å²) in [6.07, 6.45) is 1.91. The average molecular weight is 344 g/mol. The summed E-state index contributed by atoms with van der Waals surface area (Å²) >= 11 is 6.18. The first-order valence-electron chi connectivity index (χ1n) is 7.59. The van der Waals surface area contributed by atoms with Crippen LogP contribution in [-0.4, -0.2) is 27.5 Å². The summed E-state index contributed by atoms with van der Waals surface area (Å²) in [5.74, 6) is 1.34. The maximum atomic E-state index is 12.3. The second-order valence-electron chi connectivity index (χ2n) is 5.70. The Bertz CT molecular complexity index is 860. The van der Waals surface area contributed by atoms with Gasteiger partial charge in [0.15, 0.2) is 11.6 Å². The van der Waals surface area contributed by atoms with Crippen LogP contribution < -0.4 is 0 Å². The molecule has 24 heavy (non-hydrogen) atoms. The molecule has 4 rings (SSSR count).